The van der Waals surface area contributed by atoms with Gasteiger partial charge < -0.3 is 19.2 Å². The summed E-state index contributed by atoms with van der Waals surface area (Å²) in [7, 11) is -1.60. The zero-order chi connectivity index (χ0) is 21.1. The fraction of sp³-hybridized carbons (Fsp3) is 0.476. The number of rotatable bonds is 7. The fourth-order valence-corrected chi connectivity index (χ4v) is 6.06. The largest absolute Gasteiger partial charge is 0.493 e. The number of carbonyl (C=O) groups excluding carboxylic acids is 1. The maximum atomic E-state index is 12.7. The van der Waals surface area contributed by atoms with Gasteiger partial charge in [0.2, 0.25) is 0 Å². The first-order valence-electron chi connectivity index (χ1n) is 10.0. The van der Waals surface area contributed by atoms with Crippen LogP contribution in [0.15, 0.2) is 40.8 Å². The molecule has 2 saturated heterocycles. The lowest BCUT2D eigenvalue weighted by Gasteiger charge is -2.28. The maximum Gasteiger partial charge on any atom is 0.287 e. The highest BCUT2D eigenvalue weighted by molar-refractivity contribution is 7.91. The SMILES string of the molecule is COc1ccccc1OCc1ccc(C(=O)NC2CS(=O)(=O)CC2N2CCCC2)o1. The van der Waals surface area contributed by atoms with E-state index < -0.39 is 21.8 Å². The number of amides is 1. The maximum absolute atomic E-state index is 12.7. The van der Waals surface area contributed by atoms with Crippen LogP contribution in [0.2, 0.25) is 0 Å². The van der Waals surface area contributed by atoms with Crippen LogP contribution in [0.4, 0.5) is 0 Å². The lowest BCUT2D eigenvalue weighted by molar-refractivity contribution is 0.0886. The van der Waals surface area contributed by atoms with Crippen LogP contribution in [0.1, 0.15) is 29.2 Å². The minimum Gasteiger partial charge on any atom is -0.493 e. The van der Waals surface area contributed by atoms with Crippen molar-refractivity contribution in [3.63, 3.8) is 0 Å². The zero-order valence-corrected chi connectivity index (χ0v) is 17.7. The Balaban J connectivity index is 1.38. The first kappa shape index (κ1) is 20.7. The highest BCUT2D eigenvalue weighted by atomic mass is 32.2. The molecule has 1 aromatic heterocycles. The minimum atomic E-state index is -3.17. The number of methoxy groups -OCH3 is 1. The molecule has 0 aliphatic carbocycles. The molecule has 0 radical (unpaired) electrons. The summed E-state index contributed by atoms with van der Waals surface area (Å²) in [6.07, 6.45) is 2.12. The standard InChI is InChI=1S/C21H26N2O6S/c1-27-18-6-2-3-7-19(18)28-12-15-8-9-20(29-15)21(24)22-16-13-30(25,26)14-17(16)23-10-4-5-11-23/h2-3,6-9,16-17H,4-5,10-14H2,1H3,(H,22,24). The summed E-state index contributed by atoms with van der Waals surface area (Å²) in [5, 5.41) is 2.87. The number of nitrogens with one attached hydrogen (secondary N) is 1. The van der Waals surface area contributed by atoms with Gasteiger partial charge in [-0.25, -0.2) is 8.42 Å². The molecular formula is C21H26N2O6S. The van der Waals surface area contributed by atoms with Gasteiger partial charge in [-0.1, -0.05) is 12.1 Å². The van der Waals surface area contributed by atoms with Crippen molar-refractivity contribution in [1.82, 2.24) is 10.2 Å². The molecule has 162 valence electrons. The number of hydrogen-bond acceptors (Lipinski definition) is 7. The Bertz CT molecular complexity index is 996. The summed E-state index contributed by atoms with van der Waals surface area (Å²) in [6, 6.07) is 9.91. The van der Waals surface area contributed by atoms with Crippen molar-refractivity contribution in [3.8, 4) is 11.5 Å². The van der Waals surface area contributed by atoms with E-state index in [1.54, 1.807) is 31.4 Å². The summed E-state index contributed by atoms with van der Waals surface area (Å²) >= 11 is 0. The molecule has 0 bridgehead atoms. The van der Waals surface area contributed by atoms with Crippen molar-refractivity contribution in [3.05, 3.63) is 47.9 Å². The van der Waals surface area contributed by atoms with E-state index in [0.717, 1.165) is 25.9 Å². The second kappa shape index (κ2) is 8.69. The van der Waals surface area contributed by atoms with E-state index in [1.165, 1.54) is 0 Å². The van der Waals surface area contributed by atoms with Crippen LogP contribution in [0.25, 0.3) is 0 Å². The minimum absolute atomic E-state index is 0.0373. The predicted molar refractivity (Wildman–Crippen MR) is 111 cm³/mol. The summed E-state index contributed by atoms with van der Waals surface area (Å²) in [6.45, 7) is 1.89. The van der Waals surface area contributed by atoms with E-state index in [-0.39, 0.29) is 29.9 Å². The second-order valence-corrected chi connectivity index (χ2v) is 9.83. The quantitative estimate of drug-likeness (QED) is 0.710. The summed E-state index contributed by atoms with van der Waals surface area (Å²) < 4.78 is 40.9. The summed E-state index contributed by atoms with van der Waals surface area (Å²) in [5.74, 6) is 1.45. The molecule has 2 unspecified atom stereocenters. The van der Waals surface area contributed by atoms with Gasteiger partial charge in [-0.3, -0.25) is 9.69 Å². The van der Waals surface area contributed by atoms with Crippen molar-refractivity contribution < 1.29 is 27.1 Å². The molecular weight excluding hydrogens is 408 g/mol. The molecule has 1 amide bonds. The normalized spacial score (nSPS) is 23.4. The molecule has 2 atom stereocenters. The Morgan fingerprint density at radius 3 is 2.60 bits per heavy atom. The number of likely N-dealkylation sites (tertiary alicyclic amines) is 1. The number of para-hydroxylation sites is 2. The van der Waals surface area contributed by atoms with Crippen LogP contribution in [0, 0.1) is 0 Å². The van der Waals surface area contributed by atoms with Gasteiger partial charge in [0, 0.05) is 6.04 Å². The molecule has 4 rings (SSSR count). The predicted octanol–water partition coefficient (Wildman–Crippen LogP) is 1.86. The molecule has 3 heterocycles. The lowest BCUT2D eigenvalue weighted by Crippen LogP contribution is -2.50. The zero-order valence-electron chi connectivity index (χ0n) is 16.9. The molecule has 0 saturated carbocycles. The van der Waals surface area contributed by atoms with E-state index in [4.69, 9.17) is 13.9 Å². The van der Waals surface area contributed by atoms with E-state index in [1.807, 2.05) is 12.1 Å². The van der Waals surface area contributed by atoms with Crippen LogP contribution in [0.5, 0.6) is 11.5 Å². The average molecular weight is 435 g/mol. The Morgan fingerprint density at radius 1 is 1.13 bits per heavy atom. The molecule has 9 heteroatoms. The molecule has 8 nitrogen and oxygen atoms in total. The van der Waals surface area contributed by atoms with Gasteiger partial charge >= 0.3 is 0 Å². The van der Waals surface area contributed by atoms with Gasteiger partial charge in [0.05, 0.1) is 24.7 Å². The van der Waals surface area contributed by atoms with Crippen LogP contribution in [0.3, 0.4) is 0 Å². The molecule has 1 N–H and O–H groups in total. The van der Waals surface area contributed by atoms with E-state index >= 15 is 0 Å². The molecule has 2 fully saturated rings. The first-order valence-corrected chi connectivity index (χ1v) is 11.9. The van der Waals surface area contributed by atoms with Crippen LogP contribution >= 0.6 is 0 Å². The van der Waals surface area contributed by atoms with E-state index in [2.05, 4.69) is 10.2 Å². The summed E-state index contributed by atoms with van der Waals surface area (Å²) in [5.41, 5.74) is 0. The number of nitrogens with zero attached hydrogens (tertiary/aromatic N) is 1. The van der Waals surface area contributed by atoms with E-state index in [9.17, 15) is 13.2 Å². The van der Waals surface area contributed by atoms with Gasteiger partial charge in [0.1, 0.15) is 12.4 Å². The van der Waals surface area contributed by atoms with Gasteiger partial charge in [0.25, 0.3) is 5.91 Å². The number of benzene rings is 1. The van der Waals surface area contributed by atoms with E-state index in [0.29, 0.717) is 17.3 Å². The van der Waals surface area contributed by atoms with Crippen molar-refractivity contribution in [2.45, 2.75) is 31.5 Å². The molecule has 2 aliphatic rings. The molecule has 30 heavy (non-hydrogen) atoms. The Kier molecular flexibility index (Phi) is 6.01. The third-order valence-electron chi connectivity index (χ3n) is 5.57. The third kappa shape index (κ3) is 4.62. The number of furan rings is 1. The van der Waals surface area contributed by atoms with Gasteiger partial charge in [-0.05, 0) is 50.2 Å². The third-order valence-corrected chi connectivity index (χ3v) is 7.29. The van der Waals surface area contributed by atoms with Gasteiger partial charge in [-0.2, -0.15) is 0 Å². The monoisotopic (exact) mass is 434 g/mol. The molecule has 0 spiro atoms. The summed E-state index contributed by atoms with van der Waals surface area (Å²) in [4.78, 5) is 14.9. The van der Waals surface area contributed by atoms with Crippen molar-refractivity contribution >= 4 is 15.7 Å². The number of ether oxygens (including phenoxy) is 2. The smallest absolute Gasteiger partial charge is 0.287 e. The fourth-order valence-electron chi connectivity index (χ4n) is 4.10. The van der Waals surface area contributed by atoms with Crippen LogP contribution < -0.4 is 14.8 Å². The lowest BCUT2D eigenvalue weighted by atomic mass is 10.1. The van der Waals surface area contributed by atoms with Crippen molar-refractivity contribution in [2.24, 2.45) is 0 Å². The Labute approximate surface area is 176 Å². The Morgan fingerprint density at radius 2 is 1.87 bits per heavy atom. The average Bonchev–Trinajstić information content (AvgIpc) is 3.46. The van der Waals surface area contributed by atoms with Gasteiger partial charge in [0.15, 0.2) is 27.1 Å². The molecule has 2 aromatic rings. The highest BCUT2D eigenvalue weighted by Gasteiger charge is 2.42. The van der Waals surface area contributed by atoms with Gasteiger partial charge in [-0.15, -0.1) is 0 Å². The van der Waals surface area contributed by atoms with Crippen molar-refractivity contribution in [2.75, 3.05) is 31.7 Å². The van der Waals surface area contributed by atoms with Crippen LogP contribution in [-0.4, -0.2) is 63.0 Å². The molecule has 1 aromatic carbocycles. The highest BCUT2D eigenvalue weighted by Crippen LogP contribution is 2.27. The Hall–Kier alpha value is -2.52. The molecule has 2 aliphatic heterocycles. The second-order valence-electron chi connectivity index (χ2n) is 7.67. The number of sulfone groups is 1. The number of carbonyl (C=O) groups is 1. The van der Waals surface area contributed by atoms with Crippen LogP contribution in [-0.2, 0) is 16.4 Å². The number of hydrogen-bond donors (Lipinski definition) is 1. The van der Waals surface area contributed by atoms with Crippen molar-refractivity contribution in [1.29, 1.82) is 0 Å². The topological polar surface area (TPSA) is 98.1 Å². The first-order chi connectivity index (χ1) is 14.4.